The molecule has 0 bridgehead atoms. The molecule has 1 nitrogen and oxygen atoms in total. The Kier molecular flexibility index (Phi) is 10.4. The lowest BCUT2D eigenvalue weighted by molar-refractivity contribution is 0.414. The van der Waals surface area contributed by atoms with E-state index in [9.17, 15) is 0 Å². The number of allylic oxidation sites excluding steroid dienone is 5. The zero-order valence-corrected chi connectivity index (χ0v) is 7.89. The third-order valence-electron chi connectivity index (χ3n) is 0.909. The summed E-state index contributed by atoms with van der Waals surface area (Å²) in [7, 11) is 0. The van der Waals surface area contributed by atoms with Crippen LogP contribution < -0.4 is 0 Å². The van der Waals surface area contributed by atoms with Crippen LogP contribution in [0.3, 0.4) is 0 Å². The summed E-state index contributed by atoms with van der Waals surface area (Å²) in [6.45, 7) is 11.1. The van der Waals surface area contributed by atoms with E-state index in [-0.39, 0.29) is 0 Å². The Balaban J connectivity index is 0. The van der Waals surface area contributed by atoms with Crippen molar-refractivity contribution in [2.24, 2.45) is 0 Å². The Morgan fingerprint density at radius 3 is 1.91 bits per heavy atom. The predicted octanol–water partition coefficient (Wildman–Crippen LogP) is 3.61. The molecule has 0 amide bonds. The maximum atomic E-state index is 8.68. The van der Waals surface area contributed by atoms with Crippen molar-refractivity contribution in [1.29, 1.82) is 0 Å². The molecule has 0 aliphatic carbocycles. The molecular weight excluding hydrogens is 136 g/mol. The molecule has 11 heavy (non-hydrogen) atoms. The Bertz CT molecular complexity index is 148. The van der Waals surface area contributed by atoms with Gasteiger partial charge in [0.2, 0.25) is 0 Å². The van der Waals surface area contributed by atoms with Gasteiger partial charge in [-0.3, -0.25) is 0 Å². The van der Waals surface area contributed by atoms with Crippen LogP contribution in [-0.4, -0.2) is 5.11 Å². The van der Waals surface area contributed by atoms with Crippen molar-refractivity contribution >= 4 is 0 Å². The molecule has 0 unspecified atom stereocenters. The van der Waals surface area contributed by atoms with Gasteiger partial charge in [0, 0.05) is 0 Å². The van der Waals surface area contributed by atoms with Crippen LogP contribution in [0.4, 0.5) is 0 Å². The number of aliphatic hydroxyl groups is 1. The topological polar surface area (TPSA) is 20.2 Å². The van der Waals surface area contributed by atoms with E-state index in [1.165, 1.54) is 0 Å². The van der Waals surface area contributed by atoms with Crippen LogP contribution >= 0.6 is 0 Å². The minimum absolute atomic E-state index is 0.316. The van der Waals surface area contributed by atoms with Crippen LogP contribution in [0.5, 0.6) is 0 Å². The molecule has 0 aromatic heterocycles. The molecule has 64 valence electrons. The summed E-state index contributed by atoms with van der Waals surface area (Å²) in [6.07, 6.45) is 5.18. The van der Waals surface area contributed by atoms with Crippen molar-refractivity contribution < 1.29 is 5.11 Å². The quantitative estimate of drug-likeness (QED) is 0.476. The zero-order valence-electron chi connectivity index (χ0n) is 7.89. The van der Waals surface area contributed by atoms with Gasteiger partial charge in [0.05, 0.1) is 5.76 Å². The Morgan fingerprint density at radius 1 is 1.18 bits per heavy atom. The van der Waals surface area contributed by atoms with E-state index in [2.05, 4.69) is 6.58 Å². The van der Waals surface area contributed by atoms with E-state index < -0.39 is 0 Å². The largest absolute Gasteiger partial charge is 0.513 e. The lowest BCUT2D eigenvalue weighted by atomic mass is 10.3. The van der Waals surface area contributed by atoms with Crippen molar-refractivity contribution in [3.63, 3.8) is 0 Å². The molecule has 0 aliphatic heterocycles. The maximum Gasteiger partial charge on any atom is 0.0891 e. The Hall–Kier alpha value is -0.980. The highest BCUT2D eigenvalue weighted by Crippen LogP contribution is 1.94. The third kappa shape index (κ3) is 12.3. The van der Waals surface area contributed by atoms with Gasteiger partial charge < -0.3 is 5.11 Å². The van der Waals surface area contributed by atoms with E-state index in [0.29, 0.717) is 5.76 Å². The normalized spacial score (nSPS) is 11.6. The third-order valence-corrected chi connectivity index (χ3v) is 0.909. The van der Waals surface area contributed by atoms with E-state index >= 15 is 0 Å². The fourth-order valence-electron chi connectivity index (χ4n) is 0.320. The molecule has 1 N–H and O–H groups in total. The van der Waals surface area contributed by atoms with Crippen molar-refractivity contribution in [3.05, 3.63) is 36.1 Å². The minimum atomic E-state index is 0.316. The fourth-order valence-corrected chi connectivity index (χ4v) is 0.320. The molecule has 0 spiro atoms. The molecule has 0 atom stereocenters. The lowest BCUT2D eigenvalue weighted by Crippen LogP contribution is -1.68. The molecule has 0 aromatic carbocycles. The van der Waals surface area contributed by atoms with Crippen LogP contribution in [0, 0.1) is 0 Å². The van der Waals surface area contributed by atoms with Gasteiger partial charge in [-0.1, -0.05) is 38.2 Å². The van der Waals surface area contributed by atoms with Crippen molar-refractivity contribution in [3.8, 4) is 0 Å². The van der Waals surface area contributed by atoms with Crippen LogP contribution in [0.1, 0.15) is 27.7 Å². The first-order chi connectivity index (χ1) is 5.16. The molecule has 0 rings (SSSR count). The number of hydrogen-bond donors (Lipinski definition) is 1. The summed E-state index contributed by atoms with van der Waals surface area (Å²) < 4.78 is 0. The Morgan fingerprint density at radius 2 is 1.64 bits per heavy atom. The van der Waals surface area contributed by atoms with E-state index in [1.54, 1.807) is 19.1 Å². The molecule has 0 fully saturated rings. The molecular formula is C10H18O. The summed E-state index contributed by atoms with van der Waals surface area (Å²) in [4.78, 5) is 0. The molecule has 1 heteroatoms. The molecule has 0 saturated carbocycles. The fraction of sp³-hybridized carbons (Fsp3) is 0.400. The van der Waals surface area contributed by atoms with Gasteiger partial charge in [-0.05, 0) is 19.9 Å². The number of hydrogen-bond acceptors (Lipinski definition) is 1. The molecule has 0 aliphatic rings. The highest BCUT2D eigenvalue weighted by atomic mass is 16.3. The van der Waals surface area contributed by atoms with Gasteiger partial charge in [0.1, 0.15) is 0 Å². The van der Waals surface area contributed by atoms with Crippen molar-refractivity contribution in [2.45, 2.75) is 27.7 Å². The standard InChI is InChI=1S/C8H12O.C2H6/c1-4-7(2)5-6-8(3)9;1-2/h4-6,9H,1H2,2-3H3;1-2H3/b7-5+,8-6+;. The van der Waals surface area contributed by atoms with Crippen LogP contribution in [0.15, 0.2) is 36.1 Å². The van der Waals surface area contributed by atoms with E-state index in [1.807, 2.05) is 26.8 Å². The first-order valence-corrected chi connectivity index (χ1v) is 3.83. The lowest BCUT2D eigenvalue weighted by Gasteiger charge is -1.85. The van der Waals surface area contributed by atoms with Crippen molar-refractivity contribution in [2.75, 3.05) is 0 Å². The highest BCUT2D eigenvalue weighted by molar-refractivity contribution is 5.20. The smallest absolute Gasteiger partial charge is 0.0891 e. The van der Waals surface area contributed by atoms with Gasteiger partial charge in [-0.25, -0.2) is 0 Å². The van der Waals surface area contributed by atoms with Gasteiger partial charge >= 0.3 is 0 Å². The highest BCUT2D eigenvalue weighted by Gasteiger charge is 1.76. The minimum Gasteiger partial charge on any atom is -0.513 e. The second-order valence-corrected chi connectivity index (χ2v) is 1.92. The van der Waals surface area contributed by atoms with E-state index in [0.717, 1.165) is 5.57 Å². The summed E-state index contributed by atoms with van der Waals surface area (Å²) in [5, 5.41) is 8.68. The zero-order chi connectivity index (χ0) is 9.28. The summed E-state index contributed by atoms with van der Waals surface area (Å²) >= 11 is 0. The second kappa shape index (κ2) is 9.02. The Labute approximate surface area is 69.8 Å². The molecule has 0 heterocycles. The van der Waals surface area contributed by atoms with Gasteiger partial charge in [0.15, 0.2) is 0 Å². The van der Waals surface area contributed by atoms with Gasteiger partial charge in [-0.2, -0.15) is 0 Å². The second-order valence-electron chi connectivity index (χ2n) is 1.92. The van der Waals surface area contributed by atoms with Gasteiger partial charge in [0.25, 0.3) is 0 Å². The van der Waals surface area contributed by atoms with Crippen LogP contribution in [-0.2, 0) is 0 Å². The molecule has 0 radical (unpaired) electrons. The SMILES string of the molecule is C=C/C(C)=C/C=C(\C)O.CC. The number of rotatable bonds is 2. The molecule has 0 saturated heterocycles. The van der Waals surface area contributed by atoms with Crippen LogP contribution in [0.2, 0.25) is 0 Å². The summed E-state index contributed by atoms with van der Waals surface area (Å²) in [6, 6.07) is 0. The predicted molar refractivity (Wildman–Crippen MR) is 51.7 cm³/mol. The van der Waals surface area contributed by atoms with E-state index in [4.69, 9.17) is 5.11 Å². The summed E-state index contributed by atoms with van der Waals surface area (Å²) in [5.74, 6) is 0.316. The van der Waals surface area contributed by atoms with Crippen molar-refractivity contribution in [1.82, 2.24) is 0 Å². The maximum absolute atomic E-state index is 8.68. The average molecular weight is 154 g/mol. The average Bonchev–Trinajstić information content (AvgIpc) is 2.04. The van der Waals surface area contributed by atoms with Crippen LogP contribution in [0.25, 0.3) is 0 Å². The first-order valence-electron chi connectivity index (χ1n) is 3.83. The number of aliphatic hydroxyl groups excluding tert-OH is 1. The first kappa shape index (κ1) is 12.7. The summed E-state index contributed by atoms with van der Waals surface area (Å²) in [5.41, 5.74) is 1.04. The monoisotopic (exact) mass is 154 g/mol. The van der Waals surface area contributed by atoms with Gasteiger partial charge in [-0.15, -0.1) is 0 Å². The molecule has 0 aromatic rings.